The van der Waals surface area contributed by atoms with Crippen molar-refractivity contribution in [3.63, 3.8) is 0 Å². The molecule has 31 atom stereocenters. The highest BCUT2D eigenvalue weighted by molar-refractivity contribution is 5.15. The molecule has 23 heteroatoms. The predicted molar refractivity (Wildman–Crippen MR) is 250 cm³/mol. The van der Waals surface area contributed by atoms with E-state index in [4.69, 9.17) is 47.4 Å². The molecule has 13 N–H and O–H groups in total. The lowest BCUT2D eigenvalue weighted by molar-refractivity contribution is -0.386. The largest absolute Gasteiger partial charge is 0.394 e. The number of fused-ring (bicyclic) bond motifs is 7. The molecular formula is C51H86O23. The molecule has 0 aromatic rings. The summed E-state index contributed by atoms with van der Waals surface area (Å²) in [5, 5.41) is 136. The SMILES string of the molecule is CO[C@]1(CC[C@H](C)CO[C@@H]2O[C@H](CO)[C@@H](O)[C@H](O)[C@H]2O)O[C@H]2C[C@H]3[C@@H]4CCC5C[C@@H](O[C@@H]6O[C@H](CO)[C@@H](O[C@@H]7O[C@H](CO)[C@@H](O)[C@H](O)[C@H]7O)[C@H](O)[C@H]6O[C@@H]6OC[C@@H](O)[C@H](O)[C@H]6O)CC[C@]5(C)[C@H]4CC[C@]3(C)[C@H]2[C@@H]1C. The van der Waals surface area contributed by atoms with Crippen LogP contribution in [0, 0.1) is 52.3 Å². The van der Waals surface area contributed by atoms with Crippen molar-refractivity contribution in [2.24, 2.45) is 52.3 Å². The minimum atomic E-state index is -1.84. The highest BCUT2D eigenvalue weighted by Crippen LogP contribution is 2.71. The first kappa shape index (κ1) is 57.8. The van der Waals surface area contributed by atoms with Gasteiger partial charge in [-0.1, -0.05) is 27.7 Å². The smallest absolute Gasteiger partial charge is 0.187 e. The fraction of sp³-hybridized carbons (Fsp3) is 1.00. The molecule has 4 saturated carbocycles. The number of hydrogen-bond acceptors (Lipinski definition) is 23. The number of aliphatic hydroxyl groups excluding tert-OH is 13. The van der Waals surface area contributed by atoms with Gasteiger partial charge in [0.25, 0.3) is 0 Å². The van der Waals surface area contributed by atoms with Gasteiger partial charge in [-0.2, -0.15) is 0 Å². The number of aliphatic hydroxyl groups is 13. The highest BCUT2D eigenvalue weighted by Gasteiger charge is 2.69. The summed E-state index contributed by atoms with van der Waals surface area (Å²) >= 11 is 0. The average molecular weight is 1070 g/mol. The van der Waals surface area contributed by atoms with E-state index in [0.29, 0.717) is 55.3 Å². The van der Waals surface area contributed by atoms with Gasteiger partial charge in [-0.25, -0.2) is 0 Å². The van der Waals surface area contributed by atoms with Gasteiger partial charge in [-0.05, 0) is 104 Å². The summed E-state index contributed by atoms with van der Waals surface area (Å²) < 4.78 is 61.0. The van der Waals surface area contributed by atoms with Crippen molar-refractivity contribution in [1.29, 1.82) is 0 Å². The van der Waals surface area contributed by atoms with Crippen molar-refractivity contribution in [3.8, 4) is 0 Å². The zero-order valence-corrected chi connectivity index (χ0v) is 43.2. The topological polar surface area (TPSA) is 355 Å². The normalized spacial score (nSPS) is 55.0. The second kappa shape index (κ2) is 22.9. The summed E-state index contributed by atoms with van der Waals surface area (Å²) in [6.07, 6.45) is -20.5. The Labute approximate surface area is 431 Å². The van der Waals surface area contributed by atoms with Crippen molar-refractivity contribution in [1.82, 2.24) is 0 Å². The second-order valence-electron chi connectivity index (χ2n) is 24.0. The summed E-state index contributed by atoms with van der Waals surface area (Å²) in [5.41, 5.74) is 0.0502. The number of rotatable bonds is 16. The Hall–Kier alpha value is -0.920. The first-order chi connectivity index (χ1) is 35.1. The van der Waals surface area contributed by atoms with E-state index < -0.39 is 149 Å². The van der Waals surface area contributed by atoms with Crippen molar-refractivity contribution in [2.75, 3.05) is 40.1 Å². The molecule has 9 rings (SSSR count). The molecule has 74 heavy (non-hydrogen) atoms. The number of hydrogen-bond donors (Lipinski definition) is 13. The van der Waals surface area contributed by atoms with Gasteiger partial charge in [0.15, 0.2) is 30.9 Å². The van der Waals surface area contributed by atoms with Gasteiger partial charge in [0.2, 0.25) is 0 Å². The lowest BCUT2D eigenvalue weighted by atomic mass is 9.44. The molecule has 1 unspecified atom stereocenters. The third kappa shape index (κ3) is 10.3. The lowest BCUT2D eigenvalue weighted by Gasteiger charge is -2.61. The van der Waals surface area contributed by atoms with Gasteiger partial charge in [0.1, 0.15) is 91.6 Å². The standard InChI is InChI=1S/C51H86O23/c1-21(19-66-45-40(62)37(59)35(57)30(16-52)69-45)8-13-51(65-5)22(2)33-29(74-51)15-27-25-7-6-23-14-24(9-11-49(23,3)26(25)10-12-50(27,33)4)68-48-44(73-46-39(61)34(56)28(55)20-67-46)42(64)43(32(18-54)71-48)72-47-41(63)38(60)36(58)31(17-53)70-47/h21-48,52-64H,6-20H2,1-5H3/t21-,22-,23?,24-,25+,26-,27-,28+,29-,30+,31+,32+,33-,34-,35+,36+,37-,38-,39+,40+,41+,42-,43+,44+,45+,46-,47-,48+,49-,50-,51+/m0/s1. The molecule has 23 nitrogen and oxygen atoms in total. The summed E-state index contributed by atoms with van der Waals surface area (Å²) in [6, 6.07) is 0. The molecule has 0 amide bonds. The van der Waals surface area contributed by atoms with E-state index in [-0.39, 0.29) is 41.5 Å². The molecule has 4 aliphatic carbocycles. The van der Waals surface area contributed by atoms with Crippen LogP contribution in [0.25, 0.3) is 0 Å². The maximum Gasteiger partial charge on any atom is 0.187 e. The molecule has 9 fully saturated rings. The van der Waals surface area contributed by atoms with Crippen molar-refractivity contribution < 1.29 is 114 Å². The maximum absolute atomic E-state index is 12.0. The van der Waals surface area contributed by atoms with Crippen LogP contribution in [-0.2, 0) is 47.4 Å². The van der Waals surface area contributed by atoms with E-state index in [9.17, 15) is 66.4 Å². The second-order valence-corrected chi connectivity index (χ2v) is 24.0. The zero-order chi connectivity index (χ0) is 53.3. The quantitative estimate of drug-likeness (QED) is 0.0702. The minimum absolute atomic E-state index is 0.00550. The van der Waals surface area contributed by atoms with Crippen LogP contribution in [0.4, 0.5) is 0 Å². The Morgan fingerprint density at radius 3 is 1.86 bits per heavy atom. The van der Waals surface area contributed by atoms with Gasteiger partial charge < -0.3 is 114 Å². The van der Waals surface area contributed by atoms with Crippen LogP contribution in [0.3, 0.4) is 0 Å². The van der Waals surface area contributed by atoms with E-state index in [0.717, 1.165) is 38.5 Å². The summed E-state index contributed by atoms with van der Waals surface area (Å²) in [5.74, 6) is 1.35. The van der Waals surface area contributed by atoms with Gasteiger partial charge >= 0.3 is 0 Å². The Bertz CT molecular complexity index is 1840. The van der Waals surface area contributed by atoms with E-state index in [1.54, 1.807) is 7.11 Å². The Morgan fingerprint density at radius 1 is 0.595 bits per heavy atom. The summed E-state index contributed by atoms with van der Waals surface area (Å²) in [6.45, 7) is 7.03. The summed E-state index contributed by atoms with van der Waals surface area (Å²) in [7, 11) is 1.72. The lowest BCUT2D eigenvalue weighted by Crippen LogP contribution is -2.66. The Kier molecular flexibility index (Phi) is 17.9. The van der Waals surface area contributed by atoms with Gasteiger partial charge in [0.05, 0.1) is 45.2 Å². The van der Waals surface area contributed by atoms with Crippen LogP contribution in [0.2, 0.25) is 0 Å². The van der Waals surface area contributed by atoms with Crippen molar-refractivity contribution in [3.05, 3.63) is 0 Å². The summed E-state index contributed by atoms with van der Waals surface area (Å²) in [4.78, 5) is 0. The van der Waals surface area contributed by atoms with Gasteiger partial charge in [-0.3, -0.25) is 0 Å². The third-order valence-corrected chi connectivity index (χ3v) is 20.0. The minimum Gasteiger partial charge on any atom is -0.394 e. The van der Waals surface area contributed by atoms with Gasteiger partial charge in [-0.15, -0.1) is 0 Å². The first-order valence-corrected chi connectivity index (χ1v) is 27.2. The molecule has 0 aromatic carbocycles. The monoisotopic (exact) mass is 1070 g/mol. The molecule has 0 aromatic heterocycles. The average Bonchev–Trinajstić information content (AvgIpc) is 3.85. The predicted octanol–water partition coefficient (Wildman–Crippen LogP) is -2.66. The van der Waals surface area contributed by atoms with Crippen LogP contribution in [-0.4, -0.2) is 241 Å². The van der Waals surface area contributed by atoms with Crippen LogP contribution >= 0.6 is 0 Å². The fourth-order valence-corrected chi connectivity index (χ4v) is 15.7. The molecule has 0 radical (unpaired) electrons. The van der Waals surface area contributed by atoms with Crippen LogP contribution in [0.5, 0.6) is 0 Å². The fourth-order valence-electron chi connectivity index (χ4n) is 15.7. The van der Waals surface area contributed by atoms with E-state index in [1.807, 2.05) is 6.92 Å². The Balaban J connectivity index is 0.834. The number of methoxy groups -OCH3 is 1. The van der Waals surface area contributed by atoms with Crippen LogP contribution < -0.4 is 0 Å². The first-order valence-electron chi connectivity index (χ1n) is 27.2. The van der Waals surface area contributed by atoms with Crippen LogP contribution in [0.1, 0.15) is 91.9 Å². The van der Waals surface area contributed by atoms with E-state index in [1.165, 1.54) is 0 Å². The van der Waals surface area contributed by atoms with Crippen molar-refractivity contribution >= 4 is 0 Å². The molecule has 5 heterocycles. The zero-order valence-electron chi connectivity index (χ0n) is 43.2. The van der Waals surface area contributed by atoms with Crippen LogP contribution in [0.15, 0.2) is 0 Å². The molecule has 0 spiro atoms. The van der Waals surface area contributed by atoms with Crippen molar-refractivity contribution in [2.45, 2.75) is 227 Å². The molecule has 5 saturated heterocycles. The molecule has 428 valence electrons. The molecule has 9 aliphatic rings. The number of ether oxygens (including phenoxy) is 10. The Morgan fingerprint density at radius 2 is 1.20 bits per heavy atom. The van der Waals surface area contributed by atoms with Gasteiger partial charge in [0, 0.05) is 19.4 Å². The third-order valence-electron chi connectivity index (χ3n) is 20.0. The highest BCUT2D eigenvalue weighted by atomic mass is 16.8. The molecular weight excluding hydrogens is 981 g/mol. The molecule has 5 aliphatic heterocycles. The van der Waals surface area contributed by atoms with E-state index >= 15 is 0 Å². The van der Waals surface area contributed by atoms with E-state index in [2.05, 4.69) is 20.8 Å². The molecule has 0 bridgehead atoms. The maximum atomic E-state index is 12.0.